The van der Waals surface area contributed by atoms with Gasteiger partial charge >= 0.3 is 0 Å². The van der Waals surface area contributed by atoms with Gasteiger partial charge in [0.25, 0.3) is 0 Å². The summed E-state index contributed by atoms with van der Waals surface area (Å²) in [5.74, 6) is 2.11. The van der Waals surface area contributed by atoms with Crippen molar-refractivity contribution < 1.29 is 0 Å². The Kier molecular flexibility index (Phi) is 4.04. The number of hydrogen-bond donors (Lipinski definition) is 0. The molecule has 0 bridgehead atoms. The van der Waals surface area contributed by atoms with E-state index in [0.29, 0.717) is 0 Å². The Bertz CT molecular complexity index is 177. The fourth-order valence-corrected chi connectivity index (χ4v) is 3.30. The van der Waals surface area contributed by atoms with Crippen molar-refractivity contribution in [1.29, 1.82) is 0 Å². The molecule has 0 aromatic heterocycles. The number of nitrogens with zero attached hydrogens (tertiary/aromatic N) is 2. The van der Waals surface area contributed by atoms with Crippen LogP contribution in [0.3, 0.4) is 0 Å². The van der Waals surface area contributed by atoms with Gasteiger partial charge in [-0.25, -0.2) is 0 Å². The first kappa shape index (κ1) is 11.4. The monoisotopic (exact) mass is 210 g/mol. The first-order valence-electron chi connectivity index (χ1n) is 6.63. The highest BCUT2D eigenvalue weighted by atomic mass is 15.2. The molecule has 1 saturated carbocycles. The molecular weight excluding hydrogens is 184 g/mol. The van der Waals surface area contributed by atoms with Gasteiger partial charge in [-0.15, -0.1) is 0 Å². The molecule has 2 rings (SSSR count). The molecule has 0 unspecified atom stereocenters. The summed E-state index contributed by atoms with van der Waals surface area (Å²) >= 11 is 0. The first-order valence-corrected chi connectivity index (χ1v) is 6.63. The summed E-state index contributed by atoms with van der Waals surface area (Å²) in [4.78, 5) is 5.01. The fraction of sp³-hybridized carbons (Fsp3) is 1.00. The van der Waals surface area contributed by atoms with Gasteiger partial charge in [-0.3, -0.25) is 0 Å². The number of rotatable bonds is 4. The fourth-order valence-electron chi connectivity index (χ4n) is 3.30. The lowest BCUT2D eigenvalue weighted by molar-refractivity contribution is 0.291. The highest BCUT2D eigenvalue weighted by Gasteiger charge is 2.33. The lowest BCUT2D eigenvalue weighted by atomic mass is 9.82. The van der Waals surface area contributed by atoms with Crippen LogP contribution in [0.15, 0.2) is 0 Å². The second-order valence-electron chi connectivity index (χ2n) is 5.72. The van der Waals surface area contributed by atoms with E-state index in [1.54, 1.807) is 0 Å². The lowest BCUT2D eigenvalue weighted by Crippen LogP contribution is -2.25. The van der Waals surface area contributed by atoms with E-state index < -0.39 is 0 Å². The lowest BCUT2D eigenvalue weighted by Gasteiger charge is -2.23. The van der Waals surface area contributed by atoms with Crippen LogP contribution in [0.1, 0.15) is 32.1 Å². The third kappa shape index (κ3) is 3.18. The maximum absolute atomic E-state index is 2.71. The van der Waals surface area contributed by atoms with Crippen molar-refractivity contribution in [2.75, 3.05) is 40.3 Å². The van der Waals surface area contributed by atoms with Crippen LogP contribution in [0.2, 0.25) is 0 Å². The molecule has 15 heavy (non-hydrogen) atoms. The van der Waals surface area contributed by atoms with Crippen LogP contribution in [0.25, 0.3) is 0 Å². The Labute approximate surface area is 94.6 Å². The summed E-state index contributed by atoms with van der Waals surface area (Å²) in [6.07, 6.45) is 7.34. The minimum atomic E-state index is 1.05. The molecule has 2 nitrogen and oxygen atoms in total. The van der Waals surface area contributed by atoms with Crippen molar-refractivity contribution in [3.8, 4) is 0 Å². The highest BCUT2D eigenvalue weighted by Crippen LogP contribution is 2.35. The minimum absolute atomic E-state index is 1.05. The van der Waals surface area contributed by atoms with E-state index in [4.69, 9.17) is 0 Å². The summed E-state index contributed by atoms with van der Waals surface area (Å²) in [5, 5.41) is 0. The molecule has 2 atom stereocenters. The minimum Gasteiger partial charge on any atom is -0.309 e. The van der Waals surface area contributed by atoms with Crippen molar-refractivity contribution in [1.82, 2.24) is 9.80 Å². The maximum Gasteiger partial charge on any atom is 0.00129 e. The van der Waals surface area contributed by atoms with Crippen molar-refractivity contribution in [3.05, 3.63) is 0 Å². The normalized spacial score (nSPS) is 32.2. The van der Waals surface area contributed by atoms with Gasteiger partial charge in [-0.05, 0) is 58.3 Å². The second-order valence-corrected chi connectivity index (χ2v) is 5.72. The van der Waals surface area contributed by atoms with E-state index in [9.17, 15) is 0 Å². The zero-order valence-corrected chi connectivity index (χ0v) is 10.4. The quantitative estimate of drug-likeness (QED) is 0.701. The van der Waals surface area contributed by atoms with Crippen LogP contribution >= 0.6 is 0 Å². The summed E-state index contributed by atoms with van der Waals surface area (Å²) in [7, 11) is 4.34. The zero-order chi connectivity index (χ0) is 10.7. The third-order valence-electron chi connectivity index (χ3n) is 4.13. The average molecular weight is 210 g/mol. The van der Waals surface area contributed by atoms with Gasteiger partial charge in [0, 0.05) is 13.1 Å². The molecule has 88 valence electrons. The van der Waals surface area contributed by atoms with Gasteiger partial charge in [-0.2, -0.15) is 0 Å². The van der Waals surface area contributed by atoms with E-state index >= 15 is 0 Å². The molecule has 0 aromatic carbocycles. The van der Waals surface area contributed by atoms with Crippen LogP contribution in [0.4, 0.5) is 0 Å². The molecular formula is C13H26N2. The smallest absolute Gasteiger partial charge is 0.00129 e. The summed E-state index contributed by atoms with van der Waals surface area (Å²) in [6.45, 7) is 5.37. The topological polar surface area (TPSA) is 6.48 Å². The van der Waals surface area contributed by atoms with Crippen LogP contribution < -0.4 is 0 Å². The summed E-state index contributed by atoms with van der Waals surface area (Å²) in [5.41, 5.74) is 0. The van der Waals surface area contributed by atoms with Gasteiger partial charge in [-0.1, -0.05) is 12.8 Å². The average Bonchev–Trinajstić information content (AvgIpc) is 2.59. The zero-order valence-electron chi connectivity index (χ0n) is 10.4. The van der Waals surface area contributed by atoms with Crippen LogP contribution in [0, 0.1) is 11.8 Å². The van der Waals surface area contributed by atoms with E-state index in [2.05, 4.69) is 23.9 Å². The molecule has 2 fully saturated rings. The molecule has 2 aliphatic rings. The number of likely N-dealkylation sites (tertiary alicyclic amines) is 1. The van der Waals surface area contributed by atoms with Crippen molar-refractivity contribution in [3.63, 3.8) is 0 Å². The predicted octanol–water partition coefficient (Wildman–Crippen LogP) is 2.06. The molecule has 2 heteroatoms. The molecule has 0 amide bonds. The number of fused-ring (bicyclic) bond motifs is 1. The van der Waals surface area contributed by atoms with Crippen molar-refractivity contribution in [2.45, 2.75) is 32.1 Å². The Balaban J connectivity index is 1.67. The van der Waals surface area contributed by atoms with Gasteiger partial charge in [0.15, 0.2) is 0 Å². The molecule has 0 aromatic rings. The molecule has 1 aliphatic carbocycles. The molecule has 1 saturated heterocycles. The first-order chi connectivity index (χ1) is 7.25. The highest BCUT2D eigenvalue weighted by molar-refractivity contribution is 4.86. The van der Waals surface area contributed by atoms with Gasteiger partial charge in [0.05, 0.1) is 0 Å². The van der Waals surface area contributed by atoms with Crippen molar-refractivity contribution in [2.24, 2.45) is 11.8 Å². The van der Waals surface area contributed by atoms with Crippen LogP contribution in [-0.2, 0) is 0 Å². The largest absolute Gasteiger partial charge is 0.309 e. The third-order valence-corrected chi connectivity index (χ3v) is 4.13. The molecule has 0 N–H and O–H groups in total. The van der Waals surface area contributed by atoms with E-state index in [-0.39, 0.29) is 0 Å². The van der Waals surface area contributed by atoms with Gasteiger partial charge < -0.3 is 9.80 Å². The summed E-state index contributed by atoms with van der Waals surface area (Å²) < 4.78 is 0. The standard InChI is InChI=1S/C13H26N2/c1-14(2)8-5-9-15-10-12-6-3-4-7-13(12)11-15/h12-13H,3-11H2,1-2H3/t12-,13-/m0/s1. The van der Waals surface area contributed by atoms with Crippen molar-refractivity contribution >= 4 is 0 Å². The Morgan fingerprint density at radius 2 is 1.67 bits per heavy atom. The Hall–Kier alpha value is -0.0800. The predicted molar refractivity (Wildman–Crippen MR) is 65.1 cm³/mol. The van der Waals surface area contributed by atoms with Crippen LogP contribution in [-0.4, -0.2) is 50.1 Å². The van der Waals surface area contributed by atoms with E-state index in [1.807, 2.05) is 0 Å². The number of hydrogen-bond acceptors (Lipinski definition) is 2. The Morgan fingerprint density at radius 3 is 2.20 bits per heavy atom. The van der Waals surface area contributed by atoms with E-state index in [0.717, 1.165) is 11.8 Å². The van der Waals surface area contributed by atoms with Gasteiger partial charge in [0.2, 0.25) is 0 Å². The molecule has 0 radical (unpaired) electrons. The molecule has 0 spiro atoms. The van der Waals surface area contributed by atoms with Gasteiger partial charge in [0.1, 0.15) is 0 Å². The molecule has 1 aliphatic heterocycles. The Morgan fingerprint density at radius 1 is 1.07 bits per heavy atom. The molecule has 1 heterocycles. The SMILES string of the molecule is CN(C)CCCN1C[C@@H]2CCCC[C@H]2C1. The van der Waals surface area contributed by atoms with E-state index in [1.165, 1.54) is 58.3 Å². The second kappa shape index (κ2) is 5.31. The summed E-state index contributed by atoms with van der Waals surface area (Å²) in [6, 6.07) is 0. The maximum atomic E-state index is 2.71. The van der Waals surface area contributed by atoms with Crippen LogP contribution in [0.5, 0.6) is 0 Å².